The maximum absolute atomic E-state index is 8.24. The molecule has 0 saturated heterocycles. The molecule has 1 aliphatic carbocycles. The minimum atomic E-state index is 0.0207. The smallest absolute Gasteiger partial charge is 0.0489 e. The van der Waals surface area contributed by atoms with Gasteiger partial charge in [-0.3, -0.25) is 0 Å². The molecule has 59 valence electrons. The molecule has 3 nitrogen and oxygen atoms in total. The average molecular weight is 158 g/mol. The summed E-state index contributed by atoms with van der Waals surface area (Å²) < 4.78 is 0. The van der Waals surface area contributed by atoms with Gasteiger partial charge in [0.2, 0.25) is 0 Å². The Balaban J connectivity index is 2.27. The first-order chi connectivity index (χ1) is 5.90. The number of azide groups is 1. The molecule has 1 radical (unpaired) electrons. The van der Waals surface area contributed by atoms with E-state index in [0.29, 0.717) is 0 Å². The summed E-state index contributed by atoms with van der Waals surface area (Å²) in [6.07, 6.45) is 2.86. The molecule has 0 fully saturated rings. The second kappa shape index (κ2) is 2.88. The van der Waals surface area contributed by atoms with Crippen molar-refractivity contribution in [1.82, 2.24) is 0 Å². The van der Waals surface area contributed by atoms with Gasteiger partial charge < -0.3 is 0 Å². The van der Waals surface area contributed by atoms with E-state index in [0.717, 1.165) is 6.42 Å². The Morgan fingerprint density at radius 3 is 3.00 bits per heavy atom. The summed E-state index contributed by atoms with van der Waals surface area (Å²) in [7, 11) is 0. The molecule has 3 heteroatoms. The number of nitrogens with zero attached hydrogens (tertiary/aromatic N) is 3. The second-order valence-electron chi connectivity index (χ2n) is 2.84. The molecule has 1 unspecified atom stereocenters. The van der Waals surface area contributed by atoms with Crippen LogP contribution in [0.25, 0.3) is 10.4 Å². The molecule has 1 aromatic carbocycles. The molecule has 0 saturated carbocycles. The van der Waals surface area contributed by atoms with Crippen molar-refractivity contribution in [3.8, 4) is 0 Å². The van der Waals surface area contributed by atoms with E-state index in [-0.39, 0.29) is 6.04 Å². The number of fused-ring (bicyclic) bond motifs is 1. The molecule has 0 spiro atoms. The molecule has 0 bridgehead atoms. The van der Waals surface area contributed by atoms with E-state index in [4.69, 9.17) is 5.53 Å². The molecule has 0 aromatic heterocycles. The highest BCUT2D eigenvalue weighted by atomic mass is 15.1. The van der Waals surface area contributed by atoms with Crippen LogP contribution in [0.15, 0.2) is 29.4 Å². The van der Waals surface area contributed by atoms with Crippen molar-refractivity contribution >= 4 is 0 Å². The zero-order valence-corrected chi connectivity index (χ0v) is 6.51. The summed E-state index contributed by atoms with van der Waals surface area (Å²) >= 11 is 0. The molecule has 0 aliphatic heterocycles. The summed E-state index contributed by atoms with van der Waals surface area (Å²) in [4.78, 5) is 2.79. The van der Waals surface area contributed by atoms with Crippen LogP contribution in [0, 0.1) is 6.42 Å². The van der Waals surface area contributed by atoms with E-state index < -0.39 is 0 Å². The van der Waals surface area contributed by atoms with Gasteiger partial charge in [-0.05, 0) is 23.1 Å². The molecule has 1 atom stereocenters. The van der Waals surface area contributed by atoms with E-state index in [2.05, 4.69) is 16.1 Å². The maximum atomic E-state index is 8.24. The second-order valence-corrected chi connectivity index (χ2v) is 2.84. The molecule has 2 rings (SSSR count). The number of hydrogen-bond donors (Lipinski definition) is 0. The lowest BCUT2D eigenvalue weighted by atomic mass is 10.1. The lowest BCUT2D eigenvalue weighted by Gasteiger charge is -1.94. The normalized spacial score (nSPS) is 15.3. The van der Waals surface area contributed by atoms with Crippen LogP contribution < -0.4 is 0 Å². The third-order valence-corrected chi connectivity index (χ3v) is 2.06. The van der Waals surface area contributed by atoms with Gasteiger partial charge in [0, 0.05) is 17.4 Å². The Morgan fingerprint density at radius 1 is 1.42 bits per heavy atom. The van der Waals surface area contributed by atoms with Crippen molar-refractivity contribution < 1.29 is 0 Å². The van der Waals surface area contributed by atoms with Crippen molar-refractivity contribution in [3.63, 3.8) is 0 Å². The standard InChI is InChI=1S/C9H8N3/c10-12-11-9-5-7-3-1-2-4-8(7)6-9/h1-5,9H,6H2. The van der Waals surface area contributed by atoms with Gasteiger partial charge in [0.1, 0.15) is 0 Å². The van der Waals surface area contributed by atoms with Gasteiger partial charge in [-0.1, -0.05) is 29.4 Å². The summed E-state index contributed by atoms with van der Waals surface area (Å²) in [5, 5.41) is 3.66. The minimum Gasteiger partial charge on any atom is -0.0896 e. The highest BCUT2D eigenvalue weighted by Crippen LogP contribution is 2.25. The Labute approximate surface area is 70.7 Å². The molecule has 0 amide bonds. The minimum absolute atomic E-state index is 0.0207. The van der Waals surface area contributed by atoms with Gasteiger partial charge in [-0.25, -0.2) is 0 Å². The van der Waals surface area contributed by atoms with E-state index in [9.17, 15) is 0 Å². The predicted octanol–water partition coefficient (Wildman–Crippen LogP) is 2.47. The number of rotatable bonds is 1. The fourth-order valence-electron chi connectivity index (χ4n) is 1.51. The van der Waals surface area contributed by atoms with Gasteiger partial charge >= 0.3 is 0 Å². The van der Waals surface area contributed by atoms with Crippen molar-refractivity contribution in [1.29, 1.82) is 0 Å². The highest BCUT2D eigenvalue weighted by Gasteiger charge is 2.19. The van der Waals surface area contributed by atoms with Gasteiger partial charge in [-0.15, -0.1) is 0 Å². The van der Waals surface area contributed by atoms with Crippen LogP contribution >= 0.6 is 0 Å². The summed E-state index contributed by atoms with van der Waals surface area (Å²) in [5.74, 6) is 0. The van der Waals surface area contributed by atoms with Crippen LogP contribution in [0.4, 0.5) is 0 Å². The molecular weight excluding hydrogens is 150 g/mol. The molecule has 1 aliphatic rings. The first-order valence-corrected chi connectivity index (χ1v) is 3.87. The molecule has 0 N–H and O–H groups in total. The highest BCUT2D eigenvalue weighted by molar-refractivity contribution is 5.40. The van der Waals surface area contributed by atoms with E-state index >= 15 is 0 Å². The Morgan fingerprint density at radius 2 is 2.25 bits per heavy atom. The first kappa shape index (κ1) is 7.19. The zero-order valence-electron chi connectivity index (χ0n) is 6.51. The third-order valence-electron chi connectivity index (χ3n) is 2.06. The van der Waals surface area contributed by atoms with Crippen LogP contribution in [0.1, 0.15) is 11.1 Å². The Hall–Kier alpha value is -1.47. The summed E-state index contributed by atoms with van der Waals surface area (Å²) in [5.41, 5.74) is 10.7. The molecule has 1 aromatic rings. The van der Waals surface area contributed by atoms with E-state index in [1.807, 2.05) is 24.6 Å². The van der Waals surface area contributed by atoms with Crippen LogP contribution in [0.2, 0.25) is 0 Å². The fraction of sp³-hybridized carbons (Fsp3) is 0.222. The molecule has 0 heterocycles. The summed E-state index contributed by atoms with van der Waals surface area (Å²) in [6.45, 7) is 0. The van der Waals surface area contributed by atoms with E-state index in [1.165, 1.54) is 11.1 Å². The number of hydrogen-bond acceptors (Lipinski definition) is 1. The lowest BCUT2D eigenvalue weighted by Crippen LogP contribution is -1.98. The average Bonchev–Trinajstić information content (AvgIpc) is 2.47. The van der Waals surface area contributed by atoms with Crippen molar-refractivity contribution in [3.05, 3.63) is 52.3 Å². The van der Waals surface area contributed by atoms with Gasteiger partial charge in [0.05, 0.1) is 0 Å². The topological polar surface area (TPSA) is 48.8 Å². The Bertz CT molecular complexity index is 314. The van der Waals surface area contributed by atoms with Crippen LogP contribution in [0.5, 0.6) is 0 Å². The van der Waals surface area contributed by atoms with Crippen LogP contribution in [-0.4, -0.2) is 6.04 Å². The van der Waals surface area contributed by atoms with Crippen LogP contribution in [-0.2, 0) is 6.42 Å². The van der Waals surface area contributed by atoms with E-state index in [1.54, 1.807) is 0 Å². The van der Waals surface area contributed by atoms with Crippen LogP contribution in [0.3, 0.4) is 0 Å². The van der Waals surface area contributed by atoms with Gasteiger partial charge in [-0.2, -0.15) is 0 Å². The summed E-state index contributed by atoms with van der Waals surface area (Å²) in [6, 6.07) is 8.13. The van der Waals surface area contributed by atoms with Crippen molar-refractivity contribution in [2.75, 3.05) is 0 Å². The number of benzene rings is 1. The maximum Gasteiger partial charge on any atom is 0.0489 e. The monoisotopic (exact) mass is 158 g/mol. The fourth-order valence-corrected chi connectivity index (χ4v) is 1.51. The molecule has 12 heavy (non-hydrogen) atoms. The quantitative estimate of drug-likeness (QED) is 0.342. The lowest BCUT2D eigenvalue weighted by molar-refractivity contribution is 0.809. The molecular formula is C9H8N3. The SMILES string of the molecule is [N-]=[N+]=NC1[CH]c2ccccc2C1. The Kier molecular flexibility index (Phi) is 1.72. The largest absolute Gasteiger partial charge is 0.0896 e. The van der Waals surface area contributed by atoms with Crippen molar-refractivity contribution in [2.45, 2.75) is 12.5 Å². The van der Waals surface area contributed by atoms with Crippen molar-refractivity contribution in [2.24, 2.45) is 5.11 Å². The zero-order chi connectivity index (χ0) is 8.39. The predicted molar refractivity (Wildman–Crippen MR) is 46.5 cm³/mol. The third kappa shape index (κ3) is 1.15. The van der Waals surface area contributed by atoms with Gasteiger partial charge in [0.15, 0.2) is 0 Å². The van der Waals surface area contributed by atoms with Gasteiger partial charge in [0.25, 0.3) is 0 Å². The first-order valence-electron chi connectivity index (χ1n) is 3.87.